The van der Waals surface area contributed by atoms with Crippen LogP contribution >= 0.6 is 0 Å². The van der Waals surface area contributed by atoms with Crippen LogP contribution in [0.3, 0.4) is 0 Å². The maximum absolute atomic E-state index is 13.1. The lowest BCUT2D eigenvalue weighted by atomic mass is 10.2. The molecule has 3 fully saturated rings. The Morgan fingerprint density at radius 3 is 1.84 bits per heavy atom. The van der Waals surface area contributed by atoms with Crippen LogP contribution in [0.25, 0.3) is 0 Å². The van der Waals surface area contributed by atoms with Gasteiger partial charge in [0, 0.05) is 19.5 Å². The van der Waals surface area contributed by atoms with Crippen LogP contribution in [0.1, 0.15) is 32.1 Å². The summed E-state index contributed by atoms with van der Waals surface area (Å²) in [6.07, 6.45) is 3.85. The number of nitrogens with zero attached hydrogens (tertiary/aromatic N) is 2. The minimum absolute atomic E-state index is 0.00692. The molecule has 1 aliphatic carbocycles. The van der Waals surface area contributed by atoms with Gasteiger partial charge >= 0.3 is 0 Å². The van der Waals surface area contributed by atoms with Crippen LogP contribution in [0.5, 0.6) is 0 Å². The van der Waals surface area contributed by atoms with Gasteiger partial charge in [0.25, 0.3) is 11.8 Å². The highest BCUT2D eigenvalue weighted by atomic mass is 19.1. The number of hydrazine groups is 2. The molecule has 0 bridgehead atoms. The van der Waals surface area contributed by atoms with E-state index in [9.17, 15) is 22.8 Å². The lowest BCUT2D eigenvalue weighted by molar-refractivity contribution is -0.125. The molecule has 2 aliphatic heterocycles. The third-order valence-electron chi connectivity index (χ3n) is 7.00. The number of anilines is 2. The third-order valence-corrected chi connectivity index (χ3v) is 7.00. The van der Waals surface area contributed by atoms with E-state index in [2.05, 4.69) is 26.6 Å². The molecule has 2 amide bonds. The van der Waals surface area contributed by atoms with Crippen molar-refractivity contribution in [1.82, 2.24) is 20.7 Å². The molecule has 11 heteroatoms. The maximum atomic E-state index is 13.1. The second kappa shape index (κ2) is 13.0. The number of nitrogens with one attached hydrogen (secondary N) is 4. The molecular formula is C27H35F3N6O2. The van der Waals surface area contributed by atoms with Crippen LogP contribution in [0, 0.1) is 17.6 Å². The Morgan fingerprint density at radius 1 is 0.842 bits per heavy atom. The van der Waals surface area contributed by atoms with E-state index < -0.39 is 12.2 Å². The molecule has 3 aliphatic rings. The largest absolute Gasteiger partial charge is 0.299 e. The normalized spacial score (nSPS) is 23.3. The van der Waals surface area contributed by atoms with Gasteiger partial charge in [-0.2, -0.15) is 0 Å². The number of alkyl halides is 1. The first-order valence-corrected chi connectivity index (χ1v) is 13.0. The number of amides is 2. The Labute approximate surface area is 220 Å². The first-order chi connectivity index (χ1) is 18.3. The number of likely N-dealkylation sites (N-methyl/N-ethyl adjacent to an activating group) is 1. The lowest BCUT2D eigenvalue weighted by Crippen LogP contribution is -2.45. The van der Waals surface area contributed by atoms with Gasteiger partial charge in [0.1, 0.15) is 17.8 Å². The molecule has 0 spiro atoms. The summed E-state index contributed by atoms with van der Waals surface area (Å²) in [5.74, 6) is -0.112. The molecule has 38 heavy (non-hydrogen) atoms. The molecule has 1 saturated carbocycles. The summed E-state index contributed by atoms with van der Waals surface area (Å²) in [5, 5.41) is 0. The van der Waals surface area contributed by atoms with E-state index in [1.54, 1.807) is 24.1 Å². The molecule has 0 radical (unpaired) electrons. The average Bonchev–Trinajstić information content (AvgIpc) is 3.48. The summed E-state index contributed by atoms with van der Waals surface area (Å²) in [7, 11) is 1.71. The Morgan fingerprint density at radius 2 is 1.37 bits per heavy atom. The number of likely N-dealkylation sites (tertiary alicyclic amines) is 2. The van der Waals surface area contributed by atoms with Gasteiger partial charge in [0.2, 0.25) is 0 Å². The molecule has 4 N–H and O–H groups in total. The zero-order chi connectivity index (χ0) is 27.1. The van der Waals surface area contributed by atoms with E-state index in [1.807, 2.05) is 0 Å². The number of rotatable bonds is 8. The summed E-state index contributed by atoms with van der Waals surface area (Å²) < 4.78 is 38.6. The van der Waals surface area contributed by atoms with Gasteiger partial charge in [0.05, 0.1) is 23.5 Å². The van der Waals surface area contributed by atoms with Crippen LogP contribution in [0.4, 0.5) is 24.5 Å². The first-order valence-electron chi connectivity index (χ1n) is 13.0. The van der Waals surface area contributed by atoms with Gasteiger partial charge < -0.3 is 0 Å². The second-order valence-electron chi connectivity index (χ2n) is 10.1. The maximum Gasteiger partial charge on any atom is 0.255 e. The predicted octanol–water partition coefficient (Wildman–Crippen LogP) is 3.45. The van der Waals surface area contributed by atoms with Gasteiger partial charge in [-0.15, -0.1) is 0 Å². The summed E-state index contributed by atoms with van der Waals surface area (Å²) in [4.78, 5) is 28.0. The number of carbonyl (C=O) groups is 2. The molecule has 2 unspecified atom stereocenters. The molecule has 2 aromatic rings. The van der Waals surface area contributed by atoms with Crippen molar-refractivity contribution in [3.05, 3.63) is 60.2 Å². The fourth-order valence-electron chi connectivity index (χ4n) is 4.72. The van der Waals surface area contributed by atoms with E-state index in [4.69, 9.17) is 0 Å². The quantitative estimate of drug-likeness (QED) is 0.390. The van der Waals surface area contributed by atoms with E-state index >= 15 is 0 Å². The molecule has 2 heterocycles. The van der Waals surface area contributed by atoms with E-state index in [0.29, 0.717) is 11.4 Å². The highest BCUT2D eigenvalue weighted by Gasteiger charge is 2.35. The topological polar surface area (TPSA) is 88.7 Å². The monoisotopic (exact) mass is 532 g/mol. The van der Waals surface area contributed by atoms with Gasteiger partial charge in [-0.1, -0.05) is 0 Å². The number of carbonyl (C=O) groups excluding carboxylic acids is 2. The number of halogens is 3. The zero-order valence-corrected chi connectivity index (χ0v) is 21.4. The first kappa shape index (κ1) is 27.7. The van der Waals surface area contributed by atoms with Crippen molar-refractivity contribution >= 4 is 23.2 Å². The average molecular weight is 533 g/mol. The van der Waals surface area contributed by atoms with Crippen molar-refractivity contribution in [2.45, 2.75) is 50.4 Å². The highest BCUT2D eigenvalue weighted by Crippen LogP contribution is 2.32. The van der Waals surface area contributed by atoms with Crippen LogP contribution in [-0.4, -0.2) is 66.6 Å². The standard InChI is InChI=1S/C15H20FN3O.C12H15F2N3O/c16-12-5-7-13(8-6-12)17-18-15(20)14-2-1-9-19(14)10-11-3-4-11;1-17-7-9(14)6-11(17)12(18)16-15-10-4-2-8(13)3-5-10/h5-8,11,14,17H,1-4,9-10H2,(H,18,20);2-5,9,11,15H,6-7H2,1H3,(H,16,18)/t14-;/m0./s1. The summed E-state index contributed by atoms with van der Waals surface area (Å²) in [6.45, 7) is 2.34. The minimum Gasteiger partial charge on any atom is -0.299 e. The van der Waals surface area contributed by atoms with Gasteiger partial charge in [-0.25, -0.2) is 13.2 Å². The molecule has 3 atom stereocenters. The second-order valence-corrected chi connectivity index (χ2v) is 10.1. The Kier molecular flexibility index (Phi) is 9.46. The van der Waals surface area contributed by atoms with Crippen LogP contribution in [-0.2, 0) is 9.59 Å². The van der Waals surface area contributed by atoms with Gasteiger partial charge in [0.15, 0.2) is 0 Å². The van der Waals surface area contributed by atoms with Crippen molar-refractivity contribution in [3.63, 3.8) is 0 Å². The third kappa shape index (κ3) is 8.09. The lowest BCUT2D eigenvalue weighted by Gasteiger charge is -2.23. The number of hydrogen-bond donors (Lipinski definition) is 4. The fourth-order valence-corrected chi connectivity index (χ4v) is 4.72. The Hall–Kier alpha value is -3.31. The molecule has 0 aromatic heterocycles. The Bertz CT molecular complexity index is 1070. The molecule has 8 nitrogen and oxygen atoms in total. The minimum atomic E-state index is -0.962. The summed E-state index contributed by atoms with van der Waals surface area (Å²) in [6, 6.07) is 11.0. The van der Waals surface area contributed by atoms with Crippen molar-refractivity contribution in [3.8, 4) is 0 Å². The summed E-state index contributed by atoms with van der Waals surface area (Å²) >= 11 is 0. The van der Waals surface area contributed by atoms with E-state index in [1.165, 1.54) is 49.2 Å². The summed E-state index contributed by atoms with van der Waals surface area (Å²) in [5.41, 5.74) is 12.0. The van der Waals surface area contributed by atoms with Crippen molar-refractivity contribution in [2.24, 2.45) is 5.92 Å². The Balaban J connectivity index is 0.000000178. The smallest absolute Gasteiger partial charge is 0.255 e. The van der Waals surface area contributed by atoms with E-state index in [-0.39, 0.29) is 42.5 Å². The van der Waals surface area contributed by atoms with Crippen LogP contribution < -0.4 is 21.7 Å². The number of hydrogen-bond acceptors (Lipinski definition) is 6. The zero-order valence-electron chi connectivity index (χ0n) is 21.4. The predicted molar refractivity (Wildman–Crippen MR) is 140 cm³/mol. The number of benzene rings is 2. The van der Waals surface area contributed by atoms with Crippen LogP contribution in [0.15, 0.2) is 48.5 Å². The van der Waals surface area contributed by atoms with E-state index in [0.717, 1.165) is 31.8 Å². The van der Waals surface area contributed by atoms with Gasteiger partial charge in [-0.05, 0) is 93.7 Å². The SMILES string of the molecule is CN1CC(F)CC1C(=O)NNc1ccc(F)cc1.O=C(NNc1ccc(F)cc1)[C@@H]1CCCN1CC1CC1. The van der Waals surface area contributed by atoms with Crippen molar-refractivity contribution in [2.75, 3.05) is 37.5 Å². The molecule has 206 valence electrons. The molecular weight excluding hydrogens is 497 g/mol. The molecule has 2 saturated heterocycles. The van der Waals surface area contributed by atoms with Crippen molar-refractivity contribution < 1.29 is 22.8 Å². The fraction of sp³-hybridized carbons (Fsp3) is 0.481. The van der Waals surface area contributed by atoms with Crippen LogP contribution in [0.2, 0.25) is 0 Å². The van der Waals surface area contributed by atoms with Gasteiger partial charge in [-0.3, -0.25) is 41.1 Å². The van der Waals surface area contributed by atoms with Crippen molar-refractivity contribution in [1.29, 1.82) is 0 Å². The molecule has 2 aromatic carbocycles. The molecule has 5 rings (SSSR count). The highest BCUT2D eigenvalue weighted by molar-refractivity contribution is 5.83.